The van der Waals surface area contributed by atoms with Crippen LogP contribution in [0.4, 0.5) is 11.4 Å². The SMILES string of the molecule is CC(CO)CN1c2ccccc2NCC1C. The van der Waals surface area contributed by atoms with Crippen LogP contribution < -0.4 is 10.2 Å². The second-order valence-electron chi connectivity index (χ2n) is 4.69. The highest BCUT2D eigenvalue weighted by atomic mass is 16.3. The summed E-state index contributed by atoms with van der Waals surface area (Å²) in [5.41, 5.74) is 2.45. The third kappa shape index (κ3) is 2.14. The molecule has 1 aliphatic heterocycles. The third-order valence-corrected chi connectivity index (χ3v) is 3.15. The summed E-state index contributed by atoms with van der Waals surface area (Å²) in [6, 6.07) is 8.84. The fraction of sp³-hybridized carbons (Fsp3) is 0.538. The number of fused-ring (bicyclic) bond motifs is 1. The molecule has 0 amide bonds. The molecule has 0 spiro atoms. The minimum absolute atomic E-state index is 0.249. The van der Waals surface area contributed by atoms with Crippen LogP contribution in [-0.2, 0) is 0 Å². The van der Waals surface area contributed by atoms with E-state index in [4.69, 9.17) is 5.11 Å². The molecule has 3 nitrogen and oxygen atoms in total. The number of aliphatic hydroxyl groups excluding tert-OH is 1. The Morgan fingerprint density at radius 3 is 3.00 bits per heavy atom. The Kier molecular flexibility index (Phi) is 3.34. The fourth-order valence-electron chi connectivity index (χ4n) is 2.15. The number of aliphatic hydroxyl groups is 1. The predicted octanol–water partition coefficient (Wildman–Crippen LogP) is 1.94. The van der Waals surface area contributed by atoms with Crippen LogP contribution in [0.2, 0.25) is 0 Å². The molecular formula is C13H20N2O. The molecule has 3 heteroatoms. The van der Waals surface area contributed by atoms with Gasteiger partial charge in [0.05, 0.1) is 11.4 Å². The summed E-state index contributed by atoms with van der Waals surface area (Å²) in [5, 5.41) is 12.6. The second-order valence-corrected chi connectivity index (χ2v) is 4.69. The predicted molar refractivity (Wildman–Crippen MR) is 68.0 cm³/mol. The molecule has 0 radical (unpaired) electrons. The van der Waals surface area contributed by atoms with Gasteiger partial charge in [0.1, 0.15) is 0 Å². The van der Waals surface area contributed by atoms with Crippen LogP contribution in [0.15, 0.2) is 24.3 Å². The minimum Gasteiger partial charge on any atom is -0.396 e. The lowest BCUT2D eigenvalue weighted by Gasteiger charge is -2.39. The van der Waals surface area contributed by atoms with Crippen molar-refractivity contribution in [2.24, 2.45) is 5.92 Å². The van der Waals surface area contributed by atoms with E-state index >= 15 is 0 Å². The molecule has 0 fully saturated rings. The van der Waals surface area contributed by atoms with E-state index in [2.05, 4.69) is 48.3 Å². The van der Waals surface area contributed by atoms with Crippen LogP contribution in [0.1, 0.15) is 13.8 Å². The van der Waals surface area contributed by atoms with E-state index in [0.717, 1.165) is 13.1 Å². The van der Waals surface area contributed by atoms with E-state index in [0.29, 0.717) is 12.0 Å². The van der Waals surface area contributed by atoms with Crippen molar-refractivity contribution >= 4 is 11.4 Å². The van der Waals surface area contributed by atoms with Gasteiger partial charge in [-0.3, -0.25) is 0 Å². The maximum atomic E-state index is 9.16. The van der Waals surface area contributed by atoms with E-state index in [1.54, 1.807) is 0 Å². The summed E-state index contributed by atoms with van der Waals surface area (Å²) in [4.78, 5) is 2.38. The molecule has 1 aromatic carbocycles. The normalized spacial score (nSPS) is 21.2. The fourth-order valence-corrected chi connectivity index (χ4v) is 2.15. The largest absolute Gasteiger partial charge is 0.396 e. The van der Waals surface area contributed by atoms with Crippen LogP contribution >= 0.6 is 0 Å². The van der Waals surface area contributed by atoms with Crippen molar-refractivity contribution < 1.29 is 5.11 Å². The van der Waals surface area contributed by atoms with Crippen molar-refractivity contribution in [2.75, 3.05) is 29.9 Å². The van der Waals surface area contributed by atoms with Gasteiger partial charge in [0.2, 0.25) is 0 Å². The lowest BCUT2D eigenvalue weighted by molar-refractivity contribution is 0.237. The maximum Gasteiger partial charge on any atom is 0.0605 e. The van der Waals surface area contributed by atoms with Gasteiger partial charge < -0.3 is 15.3 Å². The molecule has 0 aliphatic carbocycles. The highest BCUT2D eigenvalue weighted by Gasteiger charge is 2.23. The van der Waals surface area contributed by atoms with Crippen LogP contribution in [-0.4, -0.2) is 30.8 Å². The van der Waals surface area contributed by atoms with Gasteiger partial charge in [0.25, 0.3) is 0 Å². The second kappa shape index (κ2) is 4.74. The van der Waals surface area contributed by atoms with Crippen LogP contribution in [0, 0.1) is 5.92 Å². The van der Waals surface area contributed by atoms with E-state index in [-0.39, 0.29) is 6.61 Å². The smallest absolute Gasteiger partial charge is 0.0605 e. The standard InChI is InChI=1S/C13H20N2O/c1-10(9-16)8-15-11(2)7-14-12-5-3-4-6-13(12)15/h3-6,10-11,14,16H,7-9H2,1-2H3. The number of nitrogens with zero attached hydrogens (tertiary/aromatic N) is 1. The lowest BCUT2D eigenvalue weighted by atomic mass is 10.1. The Balaban J connectivity index is 2.22. The zero-order chi connectivity index (χ0) is 11.5. The van der Waals surface area contributed by atoms with Crippen LogP contribution in [0.3, 0.4) is 0 Å². The third-order valence-electron chi connectivity index (χ3n) is 3.15. The Bertz CT molecular complexity index is 354. The molecule has 0 bridgehead atoms. The average Bonchev–Trinajstić information content (AvgIpc) is 2.32. The minimum atomic E-state index is 0.249. The van der Waals surface area contributed by atoms with Gasteiger partial charge in [-0.25, -0.2) is 0 Å². The molecule has 0 aromatic heterocycles. The lowest BCUT2D eigenvalue weighted by Crippen LogP contribution is -2.44. The zero-order valence-corrected chi connectivity index (χ0v) is 9.98. The first-order chi connectivity index (χ1) is 7.72. The number of rotatable bonds is 3. The van der Waals surface area contributed by atoms with Gasteiger partial charge in [-0.15, -0.1) is 0 Å². The Morgan fingerprint density at radius 1 is 1.50 bits per heavy atom. The van der Waals surface area contributed by atoms with Gasteiger partial charge in [0.15, 0.2) is 0 Å². The van der Waals surface area contributed by atoms with E-state index in [1.807, 2.05) is 0 Å². The first kappa shape index (κ1) is 11.3. The Morgan fingerprint density at radius 2 is 2.25 bits per heavy atom. The molecule has 1 heterocycles. The van der Waals surface area contributed by atoms with Gasteiger partial charge >= 0.3 is 0 Å². The number of benzene rings is 1. The number of nitrogens with one attached hydrogen (secondary N) is 1. The summed E-state index contributed by atoms with van der Waals surface area (Å²) in [7, 11) is 0. The van der Waals surface area contributed by atoms with Gasteiger partial charge in [-0.05, 0) is 25.0 Å². The average molecular weight is 220 g/mol. The topological polar surface area (TPSA) is 35.5 Å². The van der Waals surface area contributed by atoms with Crippen molar-refractivity contribution in [1.82, 2.24) is 0 Å². The molecule has 2 N–H and O–H groups in total. The van der Waals surface area contributed by atoms with Gasteiger partial charge in [0, 0.05) is 25.7 Å². The molecule has 2 rings (SSSR count). The molecule has 1 aliphatic rings. The quantitative estimate of drug-likeness (QED) is 0.817. The summed E-state index contributed by atoms with van der Waals surface area (Å²) < 4.78 is 0. The highest BCUT2D eigenvalue weighted by Crippen LogP contribution is 2.31. The van der Waals surface area contributed by atoms with E-state index in [9.17, 15) is 0 Å². The number of hydrogen-bond donors (Lipinski definition) is 2. The van der Waals surface area contributed by atoms with Crippen molar-refractivity contribution in [3.05, 3.63) is 24.3 Å². The summed E-state index contributed by atoms with van der Waals surface area (Å²) >= 11 is 0. The first-order valence-electron chi connectivity index (χ1n) is 5.92. The van der Waals surface area contributed by atoms with Crippen molar-refractivity contribution in [1.29, 1.82) is 0 Å². The van der Waals surface area contributed by atoms with Crippen LogP contribution in [0.25, 0.3) is 0 Å². The van der Waals surface area contributed by atoms with Crippen molar-refractivity contribution in [3.8, 4) is 0 Å². The molecule has 16 heavy (non-hydrogen) atoms. The van der Waals surface area contributed by atoms with Gasteiger partial charge in [-0.2, -0.15) is 0 Å². The molecule has 2 unspecified atom stereocenters. The molecular weight excluding hydrogens is 200 g/mol. The summed E-state index contributed by atoms with van der Waals surface area (Å²) in [6.07, 6.45) is 0. The monoisotopic (exact) mass is 220 g/mol. The number of para-hydroxylation sites is 2. The first-order valence-corrected chi connectivity index (χ1v) is 5.92. The Hall–Kier alpha value is -1.22. The molecule has 0 saturated heterocycles. The van der Waals surface area contributed by atoms with Crippen LogP contribution in [0.5, 0.6) is 0 Å². The molecule has 1 aromatic rings. The van der Waals surface area contributed by atoms with E-state index < -0.39 is 0 Å². The maximum absolute atomic E-state index is 9.16. The van der Waals surface area contributed by atoms with Crippen molar-refractivity contribution in [3.63, 3.8) is 0 Å². The summed E-state index contributed by atoms with van der Waals surface area (Å²) in [6.45, 7) is 6.43. The number of hydrogen-bond acceptors (Lipinski definition) is 3. The van der Waals surface area contributed by atoms with Gasteiger partial charge in [-0.1, -0.05) is 19.1 Å². The molecule has 88 valence electrons. The van der Waals surface area contributed by atoms with Crippen molar-refractivity contribution in [2.45, 2.75) is 19.9 Å². The molecule has 2 atom stereocenters. The number of anilines is 2. The summed E-state index contributed by atoms with van der Waals surface area (Å²) in [5.74, 6) is 0.314. The highest BCUT2D eigenvalue weighted by molar-refractivity contribution is 5.72. The van der Waals surface area contributed by atoms with E-state index in [1.165, 1.54) is 11.4 Å². The molecule has 0 saturated carbocycles. The zero-order valence-electron chi connectivity index (χ0n) is 9.98. The Labute approximate surface area is 97.1 Å².